The summed E-state index contributed by atoms with van der Waals surface area (Å²) >= 11 is 1.44. The Balaban J connectivity index is 1.23. The van der Waals surface area contributed by atoms with Crippen molar-refractivity contribution in [1.29, 1.82) is 0 Å². The normalized spacial score (nSPS) is 17.9. The Kier molecular flexibility index (Phi) is 6.62. The summed E-state index contributed by atoms with van der Waals surface area (Å²) in [7, 11) is 2.12. The van der Waals surface area contributed by atoms with Crippen molar-refractivity contribution in [1.82, 2.24) is 19.9 Å². The van der Waals surface area contributed by atoms with Gasteiger partial charge in [-0.3, -0.25) is 9.79 Å². The second-order valence-electron chi connectivity index (χ2n) is 9.40. The number of hydrogen-bond acceptors (Lipinski definition) is 10. The lowest BCUT2D eigenvalue weighted by Gasteiger charge is -2.32. The summed E-state index contributed by atoms with van der Waals surface area (Å²) in [5, 5.41) is 6.85. The standard InChI is InChI=1S/C26H28N8O2S/c1-33-9-11-34(12-10-33)25-30-24(29-22-14-18(16-27-22)21-6-3-13-36-21)31-26(32-25)37-20-5-2-4-19(15-20)28-23(35)17-7-8-17/h2-6,13-15,17H,7-12,16H2,1H3,(H,28,35)(H,27,29,30,31,32). The summed E-state index contributed by atoms with van der Waals surface area (Å²) in [5.41, 5.74) is 1.78. The van der Waals surface area contributed by atoms with Crippen molar-refractivity contribution in [3.05, 3.63) is 54.5 Å². The van der Waals surface area contributed by atoms with Gasteiger partial charge < -0.3 is 24.9 Å². The largest absolute Gasteiger partial charge is 0.465 e. The molecule has 6 rings (SSSR count). The van der Waals surface area contributed by atoms with Gasteiger partial charge in [-0.25, -0.2) is 0 Å². The Bertz CT molecular complexity index is 1340. The Labute approximate surface area is 219 Å². The lowest BCUT2D eigenvalue weighted by molar-refractivity contribution is -0.117. The molecule has 1 aromatic carbocycles. The zero-order valence-electron chi connectivity index (χ0n) is 20.6. The molecule has 3 aliphatic rings. The van der Waals surface area contributed by atoms with E-state index in [4.69, 9.17) is 19.4 Å². The molecule has 10 nitrogen and oxygen atoms in total. The summed E-state index contributed by atoms with van der Waals surface area (Å²) < 4.78 is 5.51. The molecule has 0 atom stereocenters. The van der Waals surface area contributed by atoms with Gasteiger partial charge in [-0.1, -0.05) is 6.07 Å². The first-order valence-corrected chi connectivity index (χ1v) is 13.2. The third kappa shape index (κ3) is 5.83. The van der Waals surface area contributed by atoms with Crippen molar-refractivity contribution in [2.75, 3.05) is 55.3 Å². The Hall–Kier alpha value is -3.70. The third-order valence-electron chi connectivity index (χ3n) is 6.46. The van der Waals surface area contributed by atoms with Gasteiger partial charge in [0.2, 0.25) is 17.8 Å². The van der Waals surface area contributed by atoms with Gasteiger partial charge in [0.1, 0.15) is 11.6 Å². The number of amides is 1. The van der Waals surface area contributed by atoms with Crippen molar-refractivity contribution < 1.29 is 9.21 Å². The quantitative estimate of drug-likeness (QED) is 0.486. The number of nitrogens with zero attached hydrogens (tertiary/aromatic N) is 6. The topological polar surface area (TPSA) is 112 Å². The van der Waals surface area contributed by atoms with Gasteiger partial charge in [-0.05, 0) is 68.1 Å². The van der Waals surface area contributed by atoms with Gasteiger partial charge in [0.25, 0.3) is 0 Å². The van der Waals surface area contributed by atoms with Gasteiger partial charge >= 0.3 is 0 Å². The maximum atomic E-state index is 12.2. The fourth-order valence-corrected chi connectivity index (χ4v) is 4.96. The van der Waals surface area contributed by atoms with Crippen LogP contribution in [-0.2, 0) is 4.79 Å². The summed E-state index contributed by atoms with van der Waals surface area (Å²) in [6, 6.07) is 11.6. The summed E-state index contributed by atoms with van der Waals surface area (Å²) in [5.74, 6) is 2.81. The molecule has 1 saturated carbocycles. The minimum Gasteiger partial charge on any atom is -0.465 e. The maximum Gasteiger partial charge on any atom is 0.234 e. The lowest BCUT2D eigenvalue weighted by atomic mass is 10.2. The molecule has 2 fully saturated rings. The van der Waals surface area contributed by atoms with Gasteiger partial charge in [-0.2, -0.15) is 15.0 Å². The van der Waals surface area contributed by atoms with Crippen LogP contribution >= 0.6 is 11.8 Å². The molecular formula is C26H28N8O2S. The van der Waals surface area contributed by atoms with Crippen LogP contribution in [0.5, 0.6) is 0 Å². The molecule has 11 heteroatoms. The summed E-state index contributed by atoms with van der Waals surface area (Å²) in [4.78, 5) is 36.4. The monoisotopic (exact) mass is 516 g/mol. The molecule has 0 unspecified atom stereocenters. The number of rotatable bonds is 7. The zero-order chi connectivity index (χ0) is 25.2. The first-order valence-electron chi connectivity index (χ1n) is 12.4. The van der Waals surface area contributed by atoms with E-state index in [1.54, 1.807) is 6.26 Å². The Morgan fingerprint density at radius 2 is 1.95 bits per heavy atom. The fourth-order valence-electron chi connectivity index (χ4n) is 4.16. The molecule has 1 saturated heterocycles. The molecule has 2 aromatic heterocycles. The molecule has 4 heterocycles. The Morgan fingerprint density at radius 3 is 2.73 bits per heavy atom. The molecule has 0 bridgehead atoms. The van der Waals surface area contributed by atoms with Gasteiger partial charge in [0, 0.05) is 48.3 Å². The number of aliphatic imine (C=N–C) groups is 1. The van der Waals surface area contributed by atoms with E-state index in [1.165, 1.54) is 11.8 Å². The molecule has 2 N–H and O–H groups in total. The average molecular weight is 517 g/mol. The van der Waals surface area contributed by atoms with Crippen LogP contribution in [0.4, 0.5) is 17.6 Å². The van der Waals surface area contributed by atoms with E-state index >= 15 is 0 Å². The first kappa shape index (κ1) is 23.7. The van der Waals surface area contributed by atoms with E-state index in [0.717, 1.165) is 60.9 Å². The number of amidine groups is 1. The molecule has 3 aromatic rings. The highest BCUT2D eigenvalue weighted by Gasteiger charge is 2.29. The number of anilines is 3. The molecule has 190 valence electrons. The number of carbonyl (C=O) groups is 1. The van der Waals surface area contributed by atoms with E-state index in [0.29, 0.717) is 29.4 Å². The highest BCUT2D eigenvalue weighted by atomic mass is 32.2. The zero-order valence-corrected chi connectivity index (χ0v) is 21.4. The number of aromatic nitrogens is 3. The van der Waals surface area contributed by atoms with Crippen LogP contribution in [0.25, 0.3) is 5.57 Å². The molecule has 0 radical (unpaired) electrons. The van der Waals surface area contributed by atoms with Crippen LogP contribution < -0.4 is 15.5 Å². The van der Waals surface area contributed by atoms with Gasteiger partial charge in [0.05, 0.1) is 12.8 Å². The predicted octanol–water partition coefficient (Wildman–Crippen LogP) is 3.62. The number of benzene rings is 1. The van der Waals surface area contributed by atoms with Crippen molar-refractivity contribution in [2.45, 2.75) is 22.9 Å². The molecular weight excluding hydrogens is 488 g/mol. The second kappa shape index (κ2) is 10.3. The number of furan rings is 1. The fraction of sp³-hybridized carbons (Fsp3) is 0.346. The molecule has 0 spiro atoms. The van der Waals surface area contributed by atoms with E-state index in [-0.39, 0.29) is 11.8 Å². The van der Waals surface area contributed by atoms with Crippen LogP contribution in [-0.4, -0.2) is 71.4 Å². The van der Waals surface area contributed by atoms with Crippen LogP contribution in [0.1, 0.15) is 18.6 Å². The van der Waals surface area contributed by atoms with Gasteiger partial charge in [-0.15, -0.1) is 0 Å². The van der Waals surface area contributed by atoms with Crippen LogP contribution in [0.2, 0.25) is 0 Å². The van der Waals surface area contributed by atoms with E-state index in [1.807, 2.05) is 42.5 Å². The van der Waals surface area contributed by atoms with Crippen molar-refractivity contribution >= 4 is 46.7 Å². The third-order valence-corrected chi connectivity index (χ3v) is 7.31. The molecule has 1 aliphatic carbocycles. The van der Waals surface area contributed by atoms with E-state index in [9.17, 15) is 4.79 Å². The SMILES string of the molecule is CN1CCN(c2nc(NC3=NCC(c4ccco4)=C3)nc(Sc3cccc(NC(=O)C4CC4)c3)n2)CC1. The molecule has 1 amide bonds. The van der Waals surface area contributed by atoms with E-state index < -0.39 is 0 Å². The summed E-state index contributed by atoms with van der Waals surface area (Å²) in [6.45, 7) is 4.11. The highest BCUT2D eigenvalue weighted by Crippen LogP contribution is 2.32. The lowest BCUT2D eigenvalue weighted by Crippen LogP contribution is -2.45. The number of likely N-dealkylation sites (N-methyl/N-ethyl adjacent to an activating group) is 1. The van der Waals surface area contributed by atoms with Crippen LogP contribution in [0.15, 0.2) is 68.2 Å². The van der Waals surface area contributed by atoms with Crippen molar-refractivity contribution in [3.8, 4) is 0 Å². The van der Waals surface area contributed by atoms with Crippen molar-refractivity contribution in [3.63, 3.8) is 0 Å². The number of piperazine rings is 1. The molecule has 37 heavy (non-hydrogen) atoms. The highest BCUT2D eigenvalue weighted by molar-refractivity contribution is 7.99. The minimum absolute atomic E-state index is 0.0884. The maximum absolute atomic E-state index is 12.2. The second-order valence-corrected chi connectivity index (χ2v) is 10.4. The predicted molar refractivity (Wildman–Crippen MR) is 144 cm³/mol. The Morgan fingerprint density at radius 1 is 1.08 bits per heavy atom. The van der Waals surface area contributed by atoms with Crippen LogP contribution in [0, 0.1) is 5.92 Å². The molecule has 2 aliphatic heterocycles. The van der Waals surface area contributed by atoms with Crippen LogP contribution in [0.3, 0.4) is 0 Å². The number of carbonyl (C=O) groups excluding carboxylic acids is 1. The number of hydrogen-bond donors (Lipinski definition) is 2. The first-order chi connectivity index (χ1) is 18.1. The minimum atomic E-state index is 0.0884. The van der Waals surface area contributed by atoms with Crippen molar-refractivity contribution in [2.24, 2.45) is 10.9 Å². The number of nitrogens with one attached hydrogen (secondary N) is 2. The van der Waals surface area contributed by atoms with Gasteiger partial charge in [0.15, 0.2) is 5.16 Å². The smallest absolute Gasteiger partial charge is 0.234 e. The summed E-state index contributed by atoms with van der Waals surface area (Å²) in [6.07, 6.45) is 5.56. The average Bonchev–Trinajstić information content (AvgIpc) is 3.40. The van der Waals surface area contributed by atoms with E-state index in [2.05, 4.69) is 32.5 Å².